The van der Waals surface area contributed by atoms with Gasteiger partial charge in [0.1, 0.15) is 5.82 Å². The van der Waals surface area contributed by atoms with Crippen LogP contribution < -0.4 is 10.6 Å². The summed E-state index contributed by atoms with van der Waals surface area (Å²) in [4.78, 5) is 21.7. The maximum atomic E-state index is 12.4. The number of hydrogen-bond acceptors (Lipinski definition) is 6. The van der Waals surface area contributed by atoms with Gasteiger partial charge in [-0.25, -0.2) is 14.6 Å². The average molecular weight is 399 g/mol. The van der Waals surface area contributed by atoms with Crippen molar-refractivity contribution >= 4 is 34.5 Å². The Morgan fingerprint density at radius 3 is 2.75 bits per heavy atom. The van der Waals surface area contributed by atoms with Crippen LogP contribution in [0.25, 0.3) is 11.0 Å². The minimum absolute atomic E-state index is 0.0754. The molecule has 2 aromatic heterocycles. The summed E-state index contributed by atoms with van der Waals surface area (Å²) in [5.74, 6) is 1.62. The van der Waals surface area contributed by atoms with Crippen molar-refractivity contribution in [2.75, 3.05) is 17.6 Å². The molecule has 0 aliphatic heterocycles. The molecule has 0 atom stereocenters. The molecule has 1 amide bonds. The number of benzene rings is 1. The van der Waals surface area contributed by atoms with E-state index in [0.29, 0.717) is 18.7 Å². The van der Waals surface area contributed by atoms with Gasteiger partial charge in [0.15, 0.2) is 10.8 Å². The third-order valence-corrected chi connectivity index (χ3v) is 4.90. The second-order valence-corrected chi connectivity index (χ2v) is 7.99. The molecule has 0 saturated heterocycles. The highest BCUT2D eigenvalue weighted by atomic mass is 32.2. The molecule has 2 N–H and O–H groups in total. The van der Waals surface area contributed by atoms with Gasteiger partial charge in [-0.2, -0.15) is 5.10 Å². The molecule has 148 valence electrons. The van der Waals surface area contributed by atoms with E-state index >= 15 is 0 Å². The summed E-state index contributed by atoms with van der Waals surface area (Å²) in [6.45, 7) is 9.17. The number of aromatic nitrogens is 4. The number of thioether (sulfide) groups is 1. The van der Waals surface area contributed by atoms with Crippen molar-refractivity contribution in [1.29, 1.82) is 0 Å². The second-order valence-electron chi connectivity index (χ2n) is 6.76. The predicted molar refractivity (Wildman–Crippen MR) is 114 cm³/mol. The molecule has 0 bridgehead atoms. The van der Waals surface area contributed by atoms with Gasteiger partial charge >= 0.3 is 0 Å². The summed E-state index contributed by atoms with van der Waals surface area (Å²) in [6, 6.07) is 7.82. The van der Waals surface area contributed by atoms with Crippen LogP contribution in [0, 0.1) is 6.92 Å². The molecular weight excluding hydrogens is 372 g/mol. The summed E-state index contributed by atoms with van der Waals surface area (Å²) in [7, 11) is 0. The average Bonchev–Trinajstić information content (AvgIpc) is 3.05. The number of carbonyl (C=O) groups excluding carboxylic acids is 1. The summed E-state index contributed by atoms with van der Waals surface area (Å²) < 4.78 is 1.82. The highest BCUT2D eigenvalue weighted by Gasteiger charge is 2.14. The van der Waals surface area contributed by atoms with Gasteiger partial charge in [-0.05, 0) is 38.2 Å². The maximum absolute atomic E-state index is 12.4. The molecule has 7 nitrogen and oxygen atoms in total. The smallest absolute Gasteiger partial charge is 0.251 e. The zero-order valence-corrected chi connectivity index (χ0v) is 17.5. The van der Waals surface area contributed by atoms with Crippen LogP contribution in [0.15, 0.2) is 35.6 Å². The fraction of sp³-hybridized carbons (Fsp3) is 0.400. The van der Waals surface area contributed by atoms with Gasteiger partial charge in [0, 0.05) is 18.2 Å². The van der Waals surface area contributed by atoms with E-state index in [1.807, 2.05) is 35.9 Å². The van der Waals surface area contributed by atoms with Gasteiger partial charge in [-0.15, -0.1) is 0 Å². The zero-order valence-electron chi connectivity index (χ0n) is 16.7. The molecule has 0 spiro atoms. The number of aryl methyl sites for hydroxylation is 1. The summed E-state index contributed by atoms with van der Waals surface area (Å²) >= 11 is 1.60. The Hall–Kier alpha value is -2.61. The molecule has 0 saturated carbocycles. The Labute approximate surface area is 169 Å². The molecule has 0 unspecified atom stereocenters. The highest BCUT2D eigenvalue weighted by Crippen LogP contribution is 2.24. The van der Waals surface area contributed by atoms with Crippen molar-refractivity contribution < 1.29 is 4.79 Å². The Bertz CT molecular complexity index is 968. The monoisotopic (exact) mass is 398 g/mol. The molecule has 8 heteroatoms. The van der Waals surface area contributed by atoms with E-state index in [-0.39, 0.29) is 11.9 Å². The number of rotatable bonds is 8. The predicted octanol–water partition coefficient (Wildman–Crippen LogP) is 3.50. The van der Waals surface area contributed by atoms with Gasteiger partial charge in [0.05, 0.1) is 18.1 Å². The first-order valence-electron chi connectivity index (χ1n) is 9.46. The molecule has 3 aromatic rings. The molecular formula is C20H26N6OS. The Balaban J connectivity index is 1.77. The van der Waals surface area contributed by atoms with E-state index in [1.54, 1.807) is 18.0 Å². The fourth-order valence-electron chi connectivity index (χ4n) is 2.87. The zero-order chi connectivity index (χ0) is 20.1. The standard InChI is InChI=1S/C20H26N6OS/c1-5-28-20-24-17(23-13(2)3)16-12-22-26(18(16)25-20)11-10-21-19(27)15-9-7-6-8-14(15)4/h6-9,12-13H,5,10-11H2,1-4H3,(H,21,27)(H,23,24,25). The largest absolute Gasteiger partial charge is 0.367 e. The number of amides is 1. The van der Waals surface area contributed by atoms with Crippen LogP contribution in [-0.2, 0) is 6.54 Å². The van der Waals surface area contributed by atoms with E-state index < -0.39 is 0 Å². The fourth-order valence-corrected chi connectivity index (χ4v) is 3.44. The first kappa shape index (κ1) is 20.1. The van der Waals surface area contributed by atoms with Crippen LogP contribution in [-0.4, -0.2) is 44.0 Å². The molecule has 2 heterocycles. The first-order valence-corrected chi connectivity index (χ1v) is 10.4. The van der Waals surface area contributed by atoms with Crippen molar-refractivity contribution in [3.63, 3.8) is 0 Å². The molecule has 28 heavy (non-hydrogen) atoms. The summed E-state index contributed by atoms with van der Waals surface area (Å²) in [6.07, 6.45) is 1.78. The van der Waals surface area contributed by atoms with E-state index in [9.17, 15) is 4.79 Å². The topological polar surface area (TPSA) is 84.7 Å². The third kappa shape index (κ3) is 4.62. The van der Waals surface area contributed by atoms with E-state index in [0.717, 1.165) is 33.3 Å². The Morgan fingerprint density at radius 2 is 2.04 bits per heavy atom. The number of hydrogen-bond donors (Lipinski definition) is 2. The second kappa shape index (κ2) is 9.05. The SMILES string of the molecule is CCSc1nc(NC(C)C)c2cnn(CCNC(=O)c3ccccc3C)c2n1. The van der Waals surface area contributed by atoms with Crippen molar-refractivity contribution in [3.05, 3.63) is 41.6 Å². The number of carbonyl (C=O) groups is 1. The molecule has 0 aliphatic carbocycles. The lowest BCUT2D eigenvalue weighted by Gasteiger charge is -2.12. The van der Waals surface area contributed by atoms with Gasteiger partial charge in [0.2, 0.25) is 0 Å². The number of nitrogens with one attached hydrogen (secondary N) is 2. The lowest BCUT2D eigenvalue weighted by Crippen LogP contribution is -2.28. The van der Waals surface area contributed by atoms with Crippen LogP contribution in [0.2, 0.25) is 0 Å². The minimum atomic E-state index is -0.0754. The van der Waals surface area contributed by atoms with Gasteiger partial charge in [0.25, 0.3) is 5.91 Å². The van der Waals surface area contributed by atoms with Gasteiger partial charge in [-0.1, -0.05) is 36.9 Å². The quantitative estimate of drug-likeness (QED) is 0.446. The third-order valence-electron chi connectivity index (χ3n) is 4.17. The molecule has 0 radical (unpaired) electrons. The van der Waals surface area contributed by atoms with Crippen molar-refractivity contribution in [1.82, 2.24) is 25.1 Å². The number of anilines is 1. The first-order chi connectivity index (χ1) is 13.5. The van der Waals surface area contributed by atoms with Crippen LogP contribution >= 0.6 is 11.8 Å². The molecule has 1 aromatic carbocycles. The van der Waals surface area contributed by atoms with Crippen LogP contribution in [0.5, 0.6) is 0 Å². The van der Waals surface area contributed by atoms with Crippen LogP contribution in [0.3, 0.4) is 0 Å². The normalized spacial score (nSPS) is 11.2. The maximum Gasteiger partial charge on any atom is 0.251 e. The van der Waals surface area contributed by atoms with Crippen LogP contribution in [0.1, 0.15) is 36.7 Å². The van der Waals surface area contributed by atoms with E-state index in [2.05, 4.69) is 46.5 Å². The summed E-state index contributed by atoms with van der Waals surface area (Å²) in [5, 5.41) is 12.4. The number of fused-ring (bicyclic) bond motifs is 1. The number of nitrogens with zero attached hydrogens (tertiary/aromatic N) is 4. The van der Waals surface area contributed by atoms with Crippen molar-refractivity contribution in [3.8, 4) is 0 Å². The van der Waals surface area contributed by atoms with Gasteiger partial charge < -0.3 is 10.6 Å². The lowest BCUT2D eigenvalue weighted by molar-refractivity contribution is 0.0951. The molecule has 0 aliphatic rings. The Kier molecular flexibility index (Phi) is 6.51. The van der Waals surface area contributed by atoms with Gasteiger partial charge in [-0.3, -0.25) is 4.79 Å². The van der Waals surface area contributed by atoms with E-state index in [1.165, 1.54) is 0 Å². The Morgan fingerprint density at radius 1 is 1.25 bits per heavy atom. The van der Waals surface area contributed by atoms with Crippen molar-refractivity contribution in [2.45, 2.75) is 45.4 Å². The minimum Gasteiger partial charge on any atom is -0.367 e. The van der Waals surface area contributed by atoms with Crippen molar-refractivity contribution in [2.24, 2.45) is 0 Å². The molecule has 0 fully saturated rings. The summed E-state index contributed by atoms with van der Waals surface area (Å²) in [5.41, 5.74) is 2.43. The van der Waals surface area contributed by atoms with Crippen LogP contribution in [0.4, 0.5) is 5.82 Å². The molecule has 3 rings (SSSR count). The highest BCUT2D eigenvalue weighted by molar-refractivity contribution is 7.99. The lowest BCUT2D eigenvalue weighted by atomic mass is 10.1. The van der Waals surface area contributed by atoms with E-state index in [4.69, 9.17) is 0 Å².